The van der Waals surface area contributed by atoms with Gasteiger partial charge in [-0.15, -0.1) is 11.3 Å². The summed E-state index contributed by atoms with van der Waals surface area (Å²) < 4.78 is 0. The number of nitrogens with zero attached hydrogens (tertiary/aromatic N) is 1. The molecule has 0 bridgehead atoms. The molecule has 0 fully saturated rings. The third-order valence-corrected chi connectivity index (χ3v) is 7.17. The fraction of sp³-hybridized carbons (Fsp3) is 0.655. The van der Waals surface area contributed by atoms with E-state index in [0.717, 1.165) is 23.5 Å². The smallest absolute Gasteiger partial charge is 0.220 e. The number of rotatable bonds is 20. The molecule has 0 unspecified atom stereocenters. The topological polar surface area (TPSA) is 42.0 Å². The molecule has 0 saturated carbocycles. The predicted octanol–water partition coefficient (Wildman–Crippen LogP) is 8.61. The molecule has 0 aliphatic carbocycles. The van der Waals surface area contributed by atoms with Crippen LogP contribution in [0.15, 0.2) is 35.7 Å². The molecule has 0 atom stereocenters. The molecular formula is C29H46N2OS. The maximum absolute atomic E-state index is 12.1. The Kier molecular flexibility index (Phi) is 15.6. The first-order chi connectivity index (χ1) is 16.3. The minimum Gasteiger partial charge on any atom is -0.350 e. The standard InChI is InChI=1S/C29H46N2OS/c1-2-3-4-5-6-7-8-9-10-11-12-13-14-15-19-22-28(32)30-24-27-25-33-29(31-27)23-26-20-17-16-18-21-26/h16-18,20-21,25H,2-15,19,22-24H2,1H3,(H,30,32). The van der Waals surface area contributed by atoms with Crippen LogP contribution in [0.5, 0.6) is 0 Å². The van der Waals surface area contributed by atoms with Crippen LogP contribution in [0.25, 0.3) is 0 Å². The molecule has 3 nitrogen and oxygen atoms in total. The number of hydrogen-bond acceptors (Lipinski definition) is 3. The number of amides is 1. The summed E-state index contributed by atoms with van der Waals surface area (Å²) in [6.07, 6.45) is 21.7. The molecule has 0 saturated heterocycles. The van der Waals surface area contributed by atoms with E-state index in [9.17, 15) is 4.79 Å². The van der Waals surface area contributed by atoms with Gasteiger partial charge < -0.3 is 5.32 Å². The van der Waals surface area contributed by atoms with E-state index >= 15 is 0 Å². The van der Waals surface area contributed by atoms with Crippen molar-refractivity contribution in [1.82, 2.24) is 10.3 Å². The van der Waals surface area contributed by atoms with Crippen molar-refractivity contribution >= 4 is 17.2 Å². The molecule has 1 heterocycles. The Bertz CT molecular complexity index is 728. The van der Waals surface area contributed by atoms with Gasteiger partial charge in [-0.2, -0.15) is 0 Å². The molecular weight excluding hydrogens is 424 g/mol. The van der Waals surface area contributed by atoms with Crippen molar-refractivity contribution in [3.05, 3.63) is 52.0 Å². The second kappa shape index (κ2) is 18.7. The Hall–Kier alpha value is -1.68. The van der Waals surface area contributed by atoms with Crippen molar-refractivity contribution in [2.24, 2.45) is 0 Å². The van der Waals surface area contributed by atoms with Crippen molar-refractivity contribution < 1.29 is 4.79 Å². The molecule has 184 valence electrons. The number of hydrogen-bond donors (Lipinski definition) is 1. The van der Waals surface area contributed by atoms with Gasteiger partial charge >= 0.3 is 0 Å². The van der Waals surface area contributed by atoms with E-state index < -0.39 is 0 Å². The average Bonchev–Trinajstić information content (AvgIpc) is 3.28. The first kappa shape index (κ1) is 27.6. The zero-order valence-electron chi connectivity index (χ0n) is 21.0. The van der Waals surface area contributed by atoms with Gasteiger partial charge in [0.25, 0.3) is 0 Å². The quantitative estimate of drug-likeness (QED) is 0.197. The van der Waals surface area contributed by atoms with E-state index in [0.29, 0.717) is 13.0 Å². The lowest BCUT2D eigenvalue weighted by Gasteiger charge is -2.04. The summed E-state index contributed by atoms with van der Waals surface area (Å²) >= 11 is 1.67. The second-order valence-corrected chi connectivity index (χ2v) is 10.3. The second-order valence-electron chi connectivity index (χ2n) is 9.37. The molecule has 0 spiro atoms. The predicted molar refractivity (Wildman–Crippen MR) is 143 cm³/mol. The van der Waals surface area contributed by atoms with Crippen molar-refractivity contribution in [2.45, 2.75) is 123 Å². The van der Waals surface area contributed by atoms with Gasteiger partial charge in [-0.3, -0.25) is 4.79 Å². The summed E-state index contributed by atoms with van der Waals surface area (Å²) in [5.41, 5.74) is 2.24. The van der Waals surface area contributed by atoms with E-state index in [1.54, 1.807) is 11.3 Å². The van der Waals surface area contributed by atoms with Gasteiger partial charge in [0.05, 0.1) is 17.2 Å². The van der Waals surface area contributed by atoms with Crippen LogP contribution in [0.3, 0.4) is 0 Å². The van der Waals surface area contributed by atoms with Crippen molar-refractivity contribution in [2.75, 3.05) is 0 Å². The van der Waals surface area contributed by atoms with Gasteiger partial charge in [0.15, 0.2) is 0 Å². The van der Waals surface area contributed by atoms with Crippen LogP contribution in [0.4, 0.5) is 0 Å². The zero-order chi connectivity index (χ0) is 23.4. The minimum absolute atomic E-state index is 0.155. The Morgan fingerprint density at radius 1 is 0.788 bits per heavy atom. The first-order valence-corrected chi connectivity index (χ1v) is 14.4. The molecule has 2 rings (SSSR count). The van der Waals surface area contributed by atoms with Crippen LogP contribution in [0.1, 0.15) is 126 Å². The van der Waals surface area contributed by atoms with Gasteiger partial charge in [-0.25, -0.2) is 4.98 Å². The number of nitrogens with one attached hydrogen (secondary N) is 1. The molecule has 33 heavy (non-hydrogen) atoms. The lowest BCUT2D eigenvalue weighted by molar-refractivity contribution is -0.121. The van der Waals surface area contributed by atoms with Crippen LogP contribution < -0.4 is 5.32 Å². The Balaban J connectivity index is 1.37. The monoisotopic (exact) mass is 470 g/mol. The zero-order valence-corrected chi connectivity index (χ0v) is 21.8. The Morgan fingerprint density at radius 3 is 1.91 bits per heavy atom. The number of unbranched alkanes of at least 4 members (excludes halogenated alkanes) is 14. The van der Waals surface area contributed by atoms with Crippen molar-refractivity contribution in [3.8, 4) is 0 Å². The molecule has 1 aromatic heterocycles. The fourth-order valence-corrected chi connectivity index (χ4v) is 5.04. The van der Waals surface area contributed by atoms with Crippen LogP contribution in [0.2, 0.25) is 0 Å². The highest BCUT2D eigenvalue weighted by Crippen LogP contribution is 2.15. The van der Waals surface area contributed by atoms with Crippen molar-refractivity contribution in [1.29, 1.82) is 0 Å². The van der Waals surface area contributed by atoms with Gasteiger partial charge in [0.2, 0.25) is 5.91 Å². The number of aromatic nitrogens is 1. The van der Waals surface area contributed by atoms with E-state index in [1.807, 2.05) is 6.07 Å². The molecule has 2 aromatic rings. The number of carbonyl (C=O) groups excluding carboxylic acids is 1. The van der Waals surface area contributed by atoms with E-state index in [2.05, 4.69) is 46.9 Å². The summed E-state index contributed by atoms with van der Waals surface area (Å²) in [5, 5.41) is 6.20. The minimum atomic E-state index is 0.155. The van der Waals surface area contributed by atoms with Gasteiger partial charge in [-0.1, -0.05) is 127 Å². The van der Waals surface area contributed by atoms with Gasteiger partial charge in [0, 0.05) is 18.2 Å². The number of benzene rings is 1. The number of carbonyl (C=O) groups is 1. The van der Waals surface area contributed by atoms with Crippen LogP contribution >= 0.6 is 11.3 Å². The molecule has 0 radical (unpaired) electrons. The lowest BCUT2D eigenvalue weighted by Crippen LogP contribution is -2.22. The van der Waals surface area contributed by atoms with E-state index in [1.165, 1.54) is 95.5 Å². The molecule has 0 aliphatic heterocycles. The molecule has 1 N–H and O–H groups in total. The third kappa shape index (κ3) is 14.2. The molecule has 1 aromatic carbocycles. The number of thiazole rings is 1. The molecule has 4 heteroatoms. The van der Waals surface area contributed by atoms with Crippen LogP contribution in [-0.2, 0) is 17.8 Å². The van der Waals surface area contributed by atoms with Crippen molar-refractivity contribution in [3.63, 3.8) is 0 Å². The summed E-state index contributed by atoms with van der Waals surface area (Å²) in [4.78, 5) is 16.8. The fourth-order valence-electron chi connectivity index (χ4n) is 4.22. The molecule has 0 aliphatic rings. The Morgan fingerprint density at radius 2 is 1.33 bits per heavy atom. The summed E-state index contributed by atoms with van der Waals surface area (Å²) in [7, 11) is 0. The van der Waals surface area contributed by atoms with Crippen LogP contribution in [-0.4, -0.2) is 10.9 Å². The Labute approximate surface area is 206 Å². The average molecular weight is 471 g/mol. The third-order valence-electron chi connectivity index (χ3n) is 6.27. The summed E-state index contributed by atoms with van der Waals surface area (Å²) in [5.74, 6) is 0.155. The largest absolute Gasteiger partial charge is 0.350 e. The maximum atomic E-state index is 12.1. The SMILES string of the molecule is CCCCCCCCCCCCCCCCCC(=O)NCc1csc(Cc2ccccc2)n1. The highest BCUT2D eigenvalue weighted by molar-refractivity contribution is 7.09. The van der Waals surface area contributed by atoms with E-state index in [-0.39, 0.29) is 5.91 Å². The normalized spacial score (nSPS) is 11.1. The first-order valence-electron chi connectivity index (χ1n) is 13.5. The molecule has 1 amide bonds. The van der Waals surface area contributed by atoms with Gasteiger partial charge in [0.1, 0.15) is 0 Å². The summed E-state index contributed by atoms with van der Waals surface area (Å²) in [6.45, 7) is 2.83. The van der Waals surface area contributed by atoms with Gasteiger partial charge in [-0.05, 0) is 12.0 Å². The highest BCUT2D eigenvalue weighted by atomic mass is 32.1. The van der Waals surface area contributed by atoms with E-state index in [4.69, 9.17) is 0 Å². The highest BCUT2D eigenvalue weighted by Gasteiger charge is 2.06. The maximum Gasteiger partial charge on any atom is 0.220 e. The van der Waals surface area contributed by atoms with Crippen LogP contribution in [0, 0.1) is 0 Å². The summed E-state index contributed by atoms with van der Waals surface area (Å²) in [6, 6.07) is 10.4. The lowest BCUT2D eigenvalue weighted by atomic mass is 10.0.